The summed E-state index contributed by atoms with van der Waals surface area (Å²) in [6.45, 7) is 0.759. The number of nitrogen functional groups attached to an aromatic ring is 1. The van der Waals surface area contributed by atoms with Gasteiger partial charge in [-0.2, -0.15) is 4.98 Å². The molecule has 0 saturated heterocycles. The predicted molar refractivity (Wildman–Crippen MR) is 67.9 cm³/mol. The van der Waals surface area contributed by atoms with Crippen LogP contribution in [0.5, 0.6) is 0 Å². The molecule has 0 amide bonds. The van der Waals surface area contributed by atoms with Crippen molar-refractivity contribution in [3.8, 4) is 0 Å². The van der Waals surface area contributed by atoms with Crippen LogP contribution in [-0.4, -0.2) is 27.7 Å². The summed E-state index contributed by atoms with van der Waals surface area (Å²) >= 11 is 5.70. The fourth-order valence-electron chi connectivity index (χ4n) is 2.20. The fourth-order valence-corrected chi connectivity index (χ4v) is 2.33. The molecular formula is C11H17ClN4O. The van der Waals surface area contributed by atoms with Gasteiger partial charge in [0.05, 0.1) is 18.0 Å². The first-order chi connectivity index (χ1) is 8.15. The molecule has 0 aromatic carbocycles. The summed E-state index contributed by atoms with van der Waals surface area (Å²) in [5.41, 5.74) is 6.23. The van der Waals surface area contributed by atoms with Gasteiger partial charge in [-0.25, -0.2) is 4.98 Å². The number of aliphatic hydroxyl groups excluding tert-OH is 1. The van der Waals surface area contributed by atoms with Crippen molar-refractivity contribution in [2.24, 2.45) is 5.92 Å². The number of hydrogen-bond donors (Lipinski definition) is 3. The van der Waals surface area contributed by atoms with E-state index in [2.05, 4.69) is 15.3 Å². The van der Waals surface area contributed by atoms with Gasteiger partial charge in [-0.05, 0) is 36.8 Å². The lowest BCUT2D eigenvalue weighted by atomic mass is 9.87. The molecule has 1 aromatic heterocycles. The van der Waals surface area contributed by atoms with Gasteiger partial charge in [-0.15, -0.1) is 0 Å². The minimum atomic E-state index is -0.165. The molecule has 1 aromatic rings. The maximum Gasteiger partial charge on any atom is 0.224 e. The fraction of sp³-hybridized carbons (Fsp3) is 0.636. The first-order valence-corrected chi connectivity index (χ1v) is 6.23. The number of anilines is 2. The maximum absolute atomic E-state index is 9.58. The smallest absolute Gasteiger partial charge is 0.224 e. The summed E-state index contributed by atoms with van der Waals surface area (Å²) in [6.07, 6.45) is 5.29. The molecule has 5 nitrogen and oxygen atoms in total. The van der Waals surface area contributed by atoms with Crippen LogP contribution >= 0.6 is 11.6 Å². The Kier molecular flexibility index (Phi) is 4.02. The molecule has 2 atom stereocenters. The monoisotopic (exact) mass is 256 g/mol. The van der Waals surface area contributed by atoms with Gasteiger partial charge in [-0.3, -0.25) is 0 Å². The van der Waals surface area contributed by atoms with E-state index in [0.717, 1.165) is 32.2 Å². The Balaban J connectivity index is 1.90. The van der Waals surface area contributed by atoms with Crippen LogP contribution in [0, 0.1) is 5.92 Å². The molecule has 1 fully saturated rings. The summed E-state index contributed by atoms with van der Waals surface area (Å²) in [5, 5.41) is 12.9. The highest BCUT2D eigenvalue weighted by Gasteiger charge is 2.20. The number of halogens is 1. The molecule has 2 rings (SSSR count). The Hall–Kier alpha value is -1.07. The highest BCUT2D eigenvalue weighted by atomic mass is 35.5. The first-order valence-electron chi connectivity index (χ1n) is 5.85. The van der Waals surface area contributed by atoms with Crippen LogP contribution in [0.25, 0.3) is 0 Å². The molecule has 1 aliphatic rings. The number of nitrogens with one attached hydrogen (secondary N) is 1. The topological polar surface area (TPSA) is 84.1 Å². The standard InChI is InChI=1S/C11H17ClN4O/c12-11-15-6-9(13)10(16-11)14-5-7-2-1-3-8(17)4-7/h6-8,17H,1-5,13H2,(H,14,15,16). The van der Waals surface area contributed by atoms with E-state index in [4.69, 9.17) is 17.3 Å². The number of nitrogens with two attached hydrogens (primary N) is 1. The van der Waals surface area contributed by atoms with Crippen molar-refractivity contribution in [3.63, 3.8) is 0 Å². The Labute approximate surface area is 105 Å². The Morgan fingerprint density at radius 3 is 3.12 bits per heavy atom. The van der Waals surface area contributed by atoms with Crippen molar-refractivity contribution in [2.45, 2.75) is 31.8 Å². The van der Waals surface area contributed by atoms with E-state index in [1.165, 1.54) is 6.20 Å². The summed E-state index contributed by atoms with van der Waals surface area (Å²) in [7, 11) is 0. The first kappa shape index (κ1) is 12.4. The van der Waals surface area contributed by atoms with Gasteiger partial charge < -0.3 is 16.2 Å². The van der Waals surface area contributed by atoms with Crippen LogP contribution in [0.1, 0.15) is 25.7 Å². The minimum Gasteiger partial charge on any atom is -0.394 e. The van der Waals surface area contributed by atoms with Gasteiger partial charge in [0.15, 0.2) is 5.82 Å². The largest absolute Gasteiger partial charge is 0.394 e. The van der Waals surface area contributed by atoms with E-state index < -0.39 is 0 Å². The second kappa shape index (κ2) is 5.51. The second-order valence-corrected chi connectivity index (χ2v) is 4.85. The SMILES string of the molecule is Nc1cnc(Cl)nc1NCC1CCCC(O)C1. The molecule has 0 aliphatic heterocycles. The molecule has 0 bridgehead atoms. The van der Waals surface area contributed by atoms with Crippen LogP contribution in [0.3, 0.4) is 0 Å². The van der Waals surface area contributed by atoms with Gasteiger partial charge >= 0.3 is 0 Å². The summed E-state index contributed by atoms with van der Waals surface area (Å²) in [6, 6.07) is 0. The van der Waals surface area contributed by atoms with E-state index in [0.29, 0.717) is 17.4 Å². The van der Waals surface area contributed by atoms with E-state index >= 15 is 0 Å². The number of aromatic nitrogens is 2. The average molecular weight is 257 g/mol. The highest BCUT2D eigenvalue weighted by Crippen LogP contribution is 2.25. The predicted octanol–water partition coefficient (Wildman–Crippen LogP) is 1.68. The maximum atomic E-state index is 9.58. The van der Waals surface area contributed by atoms with E-state index in [9.17, 15) is 5.11 Å². The van der Waals surface area contributed by atoms with Crippen molar-refractivity contribution in [1.29, 1.82) is 0 Å². The summed E-state index contributed by atoms with van der Waals surface area (Å²) in [5.74, 6) is 1.04. The average Bonchev–Trinajstić information content (AvgIpc) is 2.30. The van der Waals surface area contributed by atoms with Crippen molar-refractivity contribution >= 4 is 23.1 Å². The zero-order chi connectivity index (χ0) is 12.3. The van der Waals surface area contributed by atoms with Gasteiger partial charge in [0, 0.05) is 6.54 Å². The zero-order valence-corrected chi connectivity index (χ0v) is 10.3. The Morgan fingerprint density at radius 1 is 1.53 bits per heavy atom. The van der Waals surface area contributed by atoms with Gasteiger partial charge in [0.2, 0.25) is 5.28 Å². The van der Waals surface area contributed by atoms with Crippen molar-refractivity contribution < 1.29 is 5.11 Å². The van der Waals surface area contributed by atoms with Crippen LogP contribution in [0.4, 0.5) is 11.5 Å². The number of rotatable bonds is 3. The molecule has 2 unspecified atom stereocenters. The number of hydrogen-bond acceptors (Lipinski definition) is 5. The van der Waals surface area contributed by atoms with Gasteiger partial charge in [0.1, 0.15) is 0 Å². The van der Waals surface area contributed by atoms with Crippen molar-refractivity contribution in [1.82, 2.24) is 9.97 Å². The van der Waals surface area contributed by atoms with E-state index in [-0.39, 0.29) is 11.4 Å². The molecule has 1 heterocycles. The zero-order valence-electron chi connectivity index (χ0n) is 9.56. The Morgan fingerprint density at radius 2 is 2.35 bits per heavy atom. The lowest BCUT2D eigenvalue weighted by Crippen LogP contribution is -2.25. The number of aliphatic hydroxyl groups is 1. The minimum absolute atomic E-state index is 0.165. The molecular weight excluding hydrogens is 240 g/mol. The van der Waals surface area contributed by atoms with Crippen LogP contribution in [0.2, 0.25) is 5.28 Å². The molecule has 1 aliphatic carbocycles. The van der Waals surface area contributed by atoms with Gasteiger partial charge in [0.25, 0.3) is 0 Å². The molecule has 1 saturated carbocycles. The van der Waals surface area contributed by atoms with Crippen molar-refractivity contribution in [2.75, 3.05) is 17.6 Å². The summed E-state index contributed by atoms with van der Waals surface area (Å²) < 4.78 is 0. The van der Waals surface area contributed by atoms with Crippen LogP contribution in [0.15, 0.2) is 6.20 Å². The normalized spacial score (nSPS) is 24.6. The molecule has 0 radical (unpaired) electrons. The van der Waals surface area contributed by atoms with Gasteiger partial charge in [-0.1, -0.05) is 6.42 Å². The molecule has 94 valence electrons. The molecule has 4 N–H and O–H groups in total. The van der Waals surface area contributed by atoms with E-state index in [1.807, 2.05) is 0 Å². The molecule has 6 heteroatoms. The second-order valence-electron chi connectivity index (χ2n) is 4.51. The lowest BCUT2D eigenvalue weighted by molar-refractivity contribution is 0.104. The summed E-state index contributed by atoms with van der Waals surface area (Å²) in [4.78, 5) is 7.83. The number of nitrogens with zero attached hydrogens (tertiary/aromatic N) is 2. The molecule has 0 spiro atoms. The Bertz CT molecular complexity index is 388. The third-order valence-corrected chi connectivity index (χ3v) is 3.28. The lowest BCUT2D eigenvalue weighted by Gasteiger charge is -2.26. The van der Waals surface area contributed by atoms with Crippen molar-refractivity contribution in [3.05, 3.63) is 11.5 Å². The quantitative estimate of drug-likeness (QED) is 0.717. The van der Waals surface area contributed by atoms with E-state index in [1.54, 1.807) is 0 Å². The molecule has 17 heavy (non-hydrogen) atoms. The van der Waals surface area contributed by atoms with Crippen LogP contribution in [-0.2, 0) is 0 Å². The third-order valence-electron chi connectivity index (χ3n) is 3.10. The highest BCUT2D eigenvalue weighted by molar-refractivity contribution is 6.28. The van der Waals surface area contributed by atoms with Crippen LogP contribution < -0.4 is 11.1 Å². The third kappa shape index (κ3) is 3.44.